The molecule has 1 atom stereocenters. The van der Waals surface area contributed by atoms with E-state index in [4.69, 9.17) is 0 Å². The Balaban J connectivity index is 2.91. The molecular formula is C33H56O3. The molecule has 1 aromatic rings. The minimum atomic E-state index is 0.0461. The van der Waals surface area contributed by atoms with Crippen molar-refractivity contribution in [1.29, 1.82) is 0 Å². The van der Waals surface area contributed by atoms with Crippen molar-refractivity contribution in [2.45, 2.75) is 156 Å². The zero-order chi connectivity index (χ0) is 26.4. The molecule has 1 aromatic carbocycles. The van der Waals surface area contributed by atoms with Crippen molar-refractivity contribution in [2.24, 2.45) is 5.92 Å². The second-order valence-corrected chi connectivity index (χ2v) is 11.0. The summed E-state index contributed by atoms with van der Waals surface area (Å²) in [7, 11) is 0. The highest BCUT2D eigenvalue weighted by Crippen LogP contribution is 2.31. The summed E-state index contributed by atoms with van der Waals surface area (Å²) in [5, 5.41) is 11.1. The number of hydrogen-bond donors (Lipinski definition) is 1. The molecule has 206 valence electrons. The summed E-state index contributed by atoms with van der Waals surface area (Å²) in [6.07, 6.45) is 23.5. The van der Waals surface area contributed by atoms with Gasteiger partial charge in [-0.1, -0.05) is 116 Å². The summed E-state index contributed by atoms with van der Waals surface area (Å²) < 4.78 is 0. The maximum absolute atomic E-state index is 12.0. The standard InChI is InChI=1S/C33H56O3/c1-4-7-10-12-14-16-19-30-26-29(25-28(18-9-6-3)21-22-32(35)23-24-34)27-31(33(30)36)20-17-15-13-11-8-5-2/h24,26-28,36H,4-23,25H2,1-3H3. The van der Waals surface area contributed by atoms with Gasteiger partial charge in [-0.3, -0.25) is 4.79 Å². The highest BCUT2D eigenvalue weighted by Gasteiger charge is 2.16. The van der Waals surface area contributed by atoms with Crippen LogP contribution in [-0.4, -0.2) is 17.2 Å². The van der Waals surface area contributed by atoms with Gasteiger partial charge in [0, 0.05) is 6.42 Å². The van der Waals surface area contributed by atoms with Crippen LogP contribution in [0.5, 0.6) is 5.75 Å². The molecular weight excluding hydrogens is 444 g/mol. The number of benzene rings is 1. The van der Waals surface area contributed by atoms with Crippen molar-refractivity contribution < 1.29 is 14.7 Å². The summed E-state index contributed by atoms with van der Waals surface area (Å²) in [5.74, 6) is 1.05. The average Bonchev–Trinajstić information content (AvgIpc) is 2.87. The first-order chi connectivity index (χ1) is 17.5. The van der Waals surface area contributed by atoms with Crippen LogP contribution in [0.2, 0.25) is 0 Å². The number of Topliss-reactive ketones (excluding diaryl/α,β-unsaturated/α-hetero) is 1. The first kappa shape index (κ1) is 32.4. The fraction of sp³-hybridized carbons (Fsp3) is 0.758. The van der Waals surface area contributed by atoms with Crippen molar-refractivity contribution >= 4 is 12.1 Å². The Morgan fingerprint density at radius 1 is 0.750 bits per heavy atom. The van der Waals surface area contributed by atoms with Crippen LogP contribution in [0.3, 0.4) is 0 Å². The number of phenolic OH excluding ortho intramolecular Hbond substituents is 1. The van der Waals surface area contributed by atoms with Gasteiger partial charge in [0.2, 0.25) is 0 Å². The van der Waals surface area contributed by atoms with Crippen molar-refractivity contribution in [3.05, 3.63) is 28.8 Å². The number of carbonyl (C=O) groups is 2. The third kappa shape index (κ3) is 14.8. The number of rotatable bonds is 24. The van der Waals surface area contributed by atoms with Gasteiger partial charge in [-0.25, -0.2) is 0 Å². The minimum Gasteiger partial charge on any atom is -0.507 e. The van der Waals surface area contributed by atoms with E-state index < -0.39 is 0 Å². The lowest BCUT2D eigenvalue weighted by atomic mass is 9.87. The average molecular weight is 501 g/mol. The van der Waals surface area contributed by atoms with Crippen LogP contribution >= 0.6 is 0 Å². The lowest BCUT2D eigenvalue weighted by Gasteiger charge is -2.19. The van der Waals surface area contributed by atoms with E-state index >= 15 is 0 Å². The van der Waals surface area contributed by atoms with Gasteiger partial charge in [-0.2, -0.15) is 0 Å². The zero-order valence-corrected chi connectivity index (χ0v) is 23.9. The quantitative estimate of drug-likeness (QED) is 0.0873. The number of phenols is 1. The third-order valence-corrected chi connectivity index (χ3v) is 7.56. The molecule has 1 unspecified atom stereocenters. The molecule has 1 N–H and O–H groups in total. The molecule has 0 bridgehead atoms. The Labute approximate surface area is 222 Å². The van der Waals surface area contributed by atoms with E-state index in [0.29, 0.717) is 18.1 Å². The third-order valence-electron chi connectivity index (χ3n) is 7.56. The number of hydrogen-bond acceptors (Lipinski definition) is 3. The van der Waals surface area contributed by atoms with Crippen molar-refractivity contribution in [3.8, 4) is 5.75 Å². The first-order valence-corrected chi connectivity index (χ1v) is 15.3. The molecule has 0 aliphatic rings. The summed E-state index contributed by atoms with van der Waals surface area (Å²) >= 11 is 0. The minimum absolute atomic E-state index is 0.0461. The lowest BCUT2D eigenvalue weighted by molar-refractivity contribution is -0.122. The molecule has 0 amide bonds. The van der Waals surface area contributed by atoms with Gasteiger partial charge in [0.1, 0.15) is 17.8 Å². The van der Waals surface area contributed by atoms with E-state index in [1.165, 1.54) is 76.2 Å². The number of ketones is 1. The smallest absolute Gasteiger partial charge is 0.139 e. The van der Waals surface area contributed by atoms with Crippen LogP contribution in [0, 0.1) is 5.92 Å². The number of aromatic hydroxyl groups is 1. The Hall–Kier alpha value is -1.64. The van der Waals surface area contributed by atoms with Gasteiger partial charge in [-0.05, 0) is 61.1 Å². The summed E-state index contributed by atoms with van der Waals surface area (Å²) in [5.41, 5.74) is 3.56. The number of aryl methyl sites for hydroxylation is 2. The van der Waals surface area contributed by atoms with Gasteiger partial charge in [0.25, 0.3) is 0 Å². The van der Waals surface area contributed by atoms with Crippen LogP contribution in [0.1, 0.15) is 153 Å². The van der Waals surface area contributed by atoms with Crippen molar-refractivity contribution in [2.75, 3.05) is 0 Å². The van der Waals surface area contributed by atoms with Gasteiger partial charge in [0.15, 0.2) is 0 Å². The van der Waals surface area contributed by atoms with Crippen LogP contribution in [0.15, 0.2) is 12.1 Å². The second kappa shape index (κ2) is 21.4. The highest BCUT2D eigenvalue weighted by atomic mass is 16.3. The van der Waals surface area contributed by atoms with Gasteiger partial charge in [0.05, 0.1) is 6.42 Å². The van der Waals surface area contributed by atoms with E-state index in [0.717, 1.165) is 68.8 Å². The molecule has 0 saturated carbocycles. The SMILES string of the molecule is CCCCCCCCc1cc(CC(CCCC)CCC(=O)CC=O)cc(CCCCCCCC)c1O. The monoisotopic (exact) mass is 500 g/mol. The van der Waals surface area contributed by atoms with Crippen LogP contribution < -0.4 is 0 Å². The molecule has 0 fully saturated rings. The van der Waals surface area contributed by atoms with E-state index in [9.17, 15) is 14.7 Å². The molecule has 36 heavy (non-hydrogen) atoms. The molecule has 0 aliphatic carbocycles. The van der Waals surface area contributed by atoms with Gasteiger partial charge < -0.3 is 9.90 Å². The molecule has 0 radical (unpaired) electrons. The predicted molar refractivity (Wildman–Crippen MR) is 154 cm³/mol. The van der Waals surface area contributed by atoms with Crippen molar-refractivity contribution in [3.63, 3.8) is 0 Å². The fourth-order valence-electron chi connectivity index (χ4n) is 5.26. The van der Waals surface area contributed by atoms with E-state index in [-0.39, 0.29) is 12.2 Å². The largest absolute Gasteiger partial charge is 0.507 e. The zero-order valence-electron chi connectivity index (χ0n) is 23.9. The summed E-state index contributed by atoms with van der Waals surface area (Å²) in [4.78, 5) is 22.7. The topological polar surface area (TPSA) is 54.4 Å². The van der Waals surface area contributed by atoms with E-state index in [1.54, 1.807) is 0 Å². The second-order valence-electron chi connectivity index (χ2n) is 11.0. The van der Waals surface area contributed by atoms with E-state index in [1.807, 2.05) is 0 Å². The van der Waals surface area contributed by atoms with Crippen LogP contribution in [0.4, 0.5) is 0 Å². The molecule has 0 aromatic heterocycles. The molecule has 0 aliphatic heterocycles. The fourth-order valence-corrected chi connectivity index (χ4v) is 5.26. The molecule has 0 spiro atoms. The highest BCUT2D eigenvalue weighted by molar-refractivity contribution is 5.89. The number of carbonyl (C=O) groups excluding carboxylic acids is 2. The van der Waals surface area contributed by atoms with Crippen LogP contribution in [-0.2, 0) is 28.9 Å². The van der Waals surface area contributed by atoms with Gasteiger partial charge >= 0.3 is 0 Å². The van der Waals surface area contributed by atoms with E-state index in [2.05, 4.69) is 32.9 Å². The summed E-state index contributed by atoms with van der Waals surface area (Å²) in [6, 6.07) is 4.50. The predicted octanol–water partition coefficient (Wildman–Crippen LogP) is 9.49. The Morgan fingerprint density at radius 3 is 1.75 bits per heavy atom. The first-order valence-electron chi connectivity index (χ1n) is 15.3. The lowest BCUT2D eigenvalue weighted by Crippen LogP contribution is -2.09. The molecule has 0 saturated heterocycles. The normalized spacial score (nSPS) is 12.1. The Morgan fingerprint density at radius 2 is 1.25 bits per heavy atom. The maximum Gasteiger partial charge on any atom is 0.139 e. The Bertz CT molecular complexity index is 672. The molecule has 1 rings (SSSR count). The molecule has 3 nitrogen and oxygen atoms in total. The molecule has 0 heterocycles. The maximum atomic E-state index is 12.0. The summed E-state index contributed by atoms with van der Waals surface area (Å²) in [6.45, 7) is 6.72. The Kier molecular flexibility index (Phi) is 19.3. The molecule has 3 heteroatoms. The van der Waals surface area contributed by atoms with Crippen LogP contribution in [0.25, 0.3) is 0 Å². The van der Waals surface area contributed by atoms with Crippen molar-refractivity contribution in [1.82, 2.24) is 0 Å². The number of aldehydes is 1. The van der Waals surface area contributed by atoms with Gasteiger partial charge in [-0.15, -0.1) is 0 Å². The number of unbranched alkanes of at least 4 members (excludes halogenated alkanes) is 11.